The molecule has 0 radical (unpaired) electrons. The third-order valence-electron chi connectivity index (χ3n) is 3.91. The molecule has 0 amide bonds. The average Bonchev–Trinajstić information content (AvgIpc) is 2.64. The molecule has 26 heavy (non-hydrogen) atoms. The Morgan fingerprint density at radius 1 is 0.846 bits per heavy atom. The third-order valence-corrected chi connectivity index (χ3v) is 3.91. The van der Waals surface area contributed by atoms with Crippen molar-refractivity contribution < 1.29 is 40.2 Å². The van der Waals surface area contributed by atoms with E-state index in [-0.39, 0.29) is 6.29 Å². The Bertz CT molecular complexity index is 337. The zero-order valence-electron chi connectivity index (χ0n) is 15.7. The molecule has 0 saturated heterocycles. The standard InChI is InChI=1S/C12H24O2.C6H12O6/c1-2-3-4-5-6-7-8-9-10-11-12(13)14;7-1-3(9)5(11)6(12)4(10)2-8/h2-11H2,1H3,(H,13,14);1,3-6,8-12H,2H2. The third kappa shape index (κ3) is 16.4. The molecule has 8 heteroatoms. The normalized spacial score (nSPS) is 15.3. The lowest BCUT2D eigenvalue weighted by Gasteiger charge is -2.22. The van der Waals surface area contributed by atoms with Gasteiger partial charge in [-0.15, -0.1) is 0 Å². The predicted octanol–water partition coefficient (Wildman–Crippen LogP) is 0.613. The van der Waals surface area contributed by atoms with Crippen molar-refractivity contribution in [3.8, 4) is 0 Å². The average molecular weight is 380 g/mol. The van der Waals surface area contributed by atoms with E-state index in [0.717, 1.165) is 12.8 Å². The van der Waals surface area contributed by atoms with Crippen molar-refractivity contribution in [2.24, 2.45) is 0 Å². The Labute approximate surface area is 155 Å². The van der Waals surface area contributed by atoms with Gasteiger partial charge in [-0.05, 0) is 6.42 Å². The maximum absolute atomic E-state index is 10.2. The molecule has 0 rings (SSSR count). The first-order chi connectivity index (χ1) is 12.3. The Morgan fingerprint density at radius 2 is 1.31 bits per heavy atom. The molecule has 0 bridgehead atoms. The van der Waals surface area contributed by atoms with Gasteiger partial charge in [0.2, 0.25) is 0 Å². The maximum atomic E-state index is 10.2. The molecule has 8 nitrogen and oxygen atoms in total. The van der Waals surface area contributed by atoms with Gasteiger partial charge in [0.15, 0.2) is 6.29 Å². The van der Waals surface area contributed by atoms with Crippen molar-refractivity contribution in [1.29, 1.82) is 0 Å². The lowest BCUT2D eigenvalue weighted by Crippen LogP contribution is -2.46. The van der Waals surface area contributed by atoms with Gasteiger partial charge in [-0.2, -0.15) is 0 Å². The van der Waals surface area contributed by atoms with Crippen LogP contribution in [0.25, 0.3) is 0 Å². The van der Waals surface area contributed by atoms with Gasteiger partial charge >= 0.3 is 5.97 Å². The van der Waals surface area contributed by atoms with E-state index in [1.165, 1.54) is 44.9 Å². The molecule has 0 aliphatic carbocycles. The highest BCUT2D eigenvalue weighted by Crippen LogP contribution is 2.10. The van der Waals surface area contributed by atoms with Gasteiger partial charge < -0.3 is 35.4 Å². The van der Waals surface area contributed by atoms with Gasteiger partial charge in [0.1, 0.15) is 24.4 Å². The quantitative estimate of drug-likeness (QED) is 0.178. The summed E-state index contributed by atoms with van der Waals surface area (Å²) in [7, 11) is 0. The fourth-order valence-corrected chi connectivity index (χ4v) is 2.21. The number of carboxylic acid groups (broad SMARTS) is 1. The van der Waals surface area contributed by atoms with Crippen LogP contribution in [-0.2, 0) is 9.59 Å². The minimum Gasteiger partial charge on any atom is -0.481 e. The summed E-state index contributed by atoms with van der Waals surface area (Å²) < 4.78 is 0. The highest BCUT2D eigenvalue weighted by Gasteiger charge is 2.29. The van der Waals surface area contributed by atoms with Crippen LogP contribution in [0.3, 0.4) is 0 Å². The van der Waals surface area contributed by atoms with E-state index in [9.17, 15) is 9.59 Å². The van der Waals surface area contributed by atoms with Crippen molar-refractivity contribution in [3.63, 3.8) is 0 Å². The number of hydrogen-bond donors (Lipinski definition) is 6. The predicted molar refractivity (Wildman–Crippen MR) is 96.7 cm³/mol. The Kier molecular flexibility index (Phi) is 19.6. The number of aliphatic hydroxyl groups excluding tert-OH is 5. The largest absolute Gasteiger partial charge is 0.481 e. The molecule has 4 atom stereocenters. The zero-order chi connectivity index (χ0) is 20.4. The van der Waals surface area contributed by atoms with E-state index >= 15 is 0 Å². The molecule has 6 N–H and O–H groups in total. The first-order valence-electron chi connectivity index (χ1n) is 9.31. The van der Waals surface area contributed by atoms with E-state index in [4.69, 9.17) is 30.6 Å². The van der Waals surface area contributed by atoms with E-state index in [1.807, 2.05) is 0 Å². The highest BCUT2D eigenvalue weighted by molar-refractivity contribution is 5.66. The minimum absolute atomic E-state index is 0.0258. The summed E-state index contributed by atoms with van der Waals surface area (Å²) in [6.45, 7) is 1.47. The van der Waals surface area contributed by atoms with Crippen LogP contribution in [0.15, 0.2) is 0 Å². The maximum Gasteiger partial charge on any atom is 0.303 e. The molecular weight excluding hydrogens is 344 g/mol. The number of carbonyl (C=O) groups is 2. The minimum atomic E-state index is -1.79. The second-order valence-corrected chi connectivity index (χ2v) is 6.33. The number of hydrogen-bond acceptors (Lipinski definition) is 7. The van der Waals surface area contributed by atoms with Crippen LogP contribution >= 0.6 is 0 Å². The number of aliphatic hydroxyl groups is 5. The molecule has 0 aliphatic heterocycles. The van der Waals surface area contributed by atoms with Crippen LogP contribution in [0.2, 0.25) is 0 Å². The molecule has 0 aromatic rings. The fraction of sp³-hybridized carbons (Fsp3) is 0.889. The Balaban J connectivity index is 0. The second kappa shape index (κ2) is 18.7. The monoisotopic (exact) mass is 380 g/mol. The van der Waals surface area contributed by atoms with E-state index < -0.39 is 37.0 Å². The number of aliphatic carboxylic acids is 1. The van der Waals surface area contributed by atoms with E-state index in [2.05, 4.69) is 6.92 Å². The van der Waals surface area contributed by atoms with Gasteiger partial charge in [0, 0.05) is 6.42 Å². The number of rotatable bonds is 15. The summed E-state index contributed by atoms with van der Waals surface area (Å²) in [6, 6.07) is 0. The first-order valence-corrected chi connectivity index (χ1v) is 9.31. The van der Waals surface area contributed by atoms with E-state index in [0.29, 0.717) is 6.42 Å². The summed E-state index contributed by atoms with van der Waals surface area (Å²) in [5.74, 6) is -0.659. The van der Waals surface area contributed by atoms with Gasteiger partial charge in [-0.25, -0.2) is 0 Å². The van der Waals surface area contributed by atoms with Crippen molar-refractivity contribution in [1.82, 2.24) is 0 Å². The zero-order valence-corrected chi connectivity index (χ0v) is 15.7. The van der Waals surface area contributed by atoms with Crippen LogP contribution < -0.4 is 0 Å². The molecule has 0 heterocycles. The van der Waals surface area contributed by atoms with Crippen molar-refractivity contribution in [2.75, 3.05) is 6.61 Å². The van der Waals surface area contributed by atoms with Crippen molar-refractivity contribution in [2.45, 2.75) is 95.5 Å². The summed E-state index contributed by atoms with van der Waals surface area (Å²) >= 11 is 0. The summed E-state index contributed by atoms with van der Waals surface area (Å²) in [5, 5.41) is 51.9. The van der Waals surface area contributed by atoms with Crippen molar-refractivity contribution >= 4 is 12.3 Å². The molecule has 0 aromatic carbocycles. The van der Waals surface area contributed by atoms with Crippen LogP contribution in [0.4, 0.5) is 0 Å². The van der Waals surface area contributed by atoms with Crippen LogP contribution in [0, 0.1) is 0 Å². The van der Waals surface area contributed by atoms with Gasteiger partial charge in [0.05, 0.1) is 6.61 Å². The van der Waals surface area contributed by atoms with Crippen LogP contribution in [0.1, 0.15) is 71.1 Å². The fourth-order valence-electron chi connectivity index (χ4n) is 2.21. The van der Waals surface area contributed by atoms with E-state index in [1.54, 1.807) is 0 Å². The highest BCUT2D eigenvalue weighted by atomic mass is 16.4. The molecule has 0 aromatic heterocycles. The second-order valence-electron chi connectivity index (χ2n) is 6.33. The van der Waals surface area contributed by atoms with Crippen LogP contribution in [-0.4, -0.2) is 73.9 Å². The van der Waals surface area contributed by atoms with Gasteiger partial charge in [0.25, 0.3) is 0 Å². The molecule has 0 aliphatic rings. The smallest absolute Gasteiger partial charge is 0.303 e. The summed E-state index contributed by atoms with van der Waals surface area (Å²) in [6.07, 6.45) is 4.64. The summed E-state index contributed by atoms with van der Waals surface area (Å²) in [5.41, 5.74) is 0. The number of carbonyl (C=O) groups excluding carboxylic acids is 1. The van der Waals surface area contributed by atoms with Gasteiger partial charge in [-0.1, -0.05) is 58.3 Å². The Hall–Kier alpha value is -1.06. The lowest BCUT2D eigenvalue weighted by atomic mass is 10.0. The molecule has 0 spiro atoms. The van der Waals surface area contributed by atoms with Gasteiger partial charge in [-0.3, -0.25) is 4.79 Å². The molecule has 0 saturated carbocycles. The molecule has 156 valence electrons. The molecule has 0 fully saturated rings. The summed E-state index contributed by atoms with van der Waals surface area (Å²) in [4.78, 5) is 20.1. The molecule has 4 unspecified atom stereocenters. The van der Waals surface area contributed by atoms with Crippen molar-refractivity contribution in [3.05, 3.63) is 0 Å². The number of aldehydes is 1. The van der Waals surface area contributed by atoms with Crippen LogP contribution in [0.5, 0.6) is 0 Å². The Morgan fingerprint density at radius 3 is 1.69 bits per heavy atom. The topological polar surface area (TPSA) is 156 Å². The molecular formula is C18H36O8. The SMILES string of the molecule is CCCCCCCCCCCC(=O)O.O=CC(O)C(O)C(O)C(O)CO. The number of carboxylic acids is 1. The number of unbranched alkanes of at least 4 members (excludes halogenated alkanes) is 8. The first kappa shape index (κ1) is 27.2. The lowest BCUT2D eigenvalue weighted by molar-refractivity contribution is -0.137.